The van der Waals surface area contributed by atoms with Gasteiger partial charge >= 0.3 is 0 Å². The number of hydrogen-bond donors (Lipinski definition) is 0. The van der Waals surface area contributed by atoms with Crippen molar-refractivity contribution in [2.75, 3.05) is 13.1 Å². The number of piperidine rings is 1. The zero-order valence-corrected chi connectivity index (χ0v) is 11.6. The van der Waals surface area contributed by atoms with Crippen molar-refractivity contribution in [3.8, 4) is 0 Å². The summed E-state index contributed by atoms with van der Waals surface area (Å²) in [5.74, 6) is 0.288. The van der Waals surface area contributed by atoms with Crippen LogP contribution in [0.3, 0.4) is 0 Å². The summed E-state index contributed by atoms with van der Waals surface area (Å²) in [7, 11) is 0. The lowest BCUT2D eigenvalue weighted by atomic mass is 9.95. The Balaban J connectivity index is 1.87. The van der Waals surface area contributed by atoms with E-state index in [-0.39, 0.29) is 5.78 Å². The van der Waals surface area contributed by atoms with Crippen LogP contribution in [0.2, 0.25) is 0 Å². The number of halogens is 1. The van der Waals surface area contributed by atoms with Crippen molar-refractivity contribution >= 4 is 5.78 Å². The third-order valence-corrected chi connectivity index (χ3v) is 3.89. The second kappa shape index (κ2) is 6.24. The SMILES string of the molecule is CC1CCC(C)N(CCC(=O)c2ccc(F)cn2)C1. The molecule has 0 N–H and O–H groups in total. The van der Waals surface area contributed by atoms with Gasteiger partial charge in [0.2, 0.25) is 0 Å². The largest absolute Gasteiger partial charge is 0.300 e. The van der Waals surface area contributed by atoms with Crippen LogP contribution in [0.5, 0.6) is 0 Å². The molecule has 1 aromatic rings. The molecule has 1 aliphatic heterocycles. The summed E-state index contributed by atoms with van der Waals surface area (Å²) in [5.41, 5.74) is 0.360. The van der Waals surface area contributed by atoms with Gasteiger partial charge in [-0.1, -0.05) is 6.92 Å². The van der Waals surface area contributed by atoms with Crippen molar-refractivity contribution < 1.29 is 9.18 Å². The first kappa shape index (κ1) is 14.1. The number of Topliss-reactive ketones (excluding diaryl/α,β-unsaturated/α-hetero) is 1. The molecule has 2 atom stereocenters. The van der Waals surface area contributed by atoms with E-state index in [2.05, 4.69) is 23.7 Å². The number of aromatic nitrogens is 1. The standard InChI is InChI=1S/C15H21FN2O/c1-11-3-4-12(2)18(10-11)8-7-15(19)14-6-5-13(16)9-17-14/h5-6,9,11-12H,3-4,7-8,10H2,1-2H3. The molecular formula is C15H21FN2O. The molecule has 0 amide bonds. The van der Waals surface area contributed by atoms with Gasteiger partial charge in [0.25, 0.3) is 0 Å². The minimum Gasteiger partial charge on any atom is -0.300 e. The number of nitrogens with zero attached hydrogens (tertiary/aromatic N) is 2. The monoisotopic (exact) mass is 264 g/mol. The van der Waals surface area contributed by atoms with Gasteiger partial charge in [-0.3, -0.25) is 14.7 Å². The minimum absolute atomic E-state index is 0.00886. The molecule has 0 saturated carbocycles. The molecule has 0 aromatic carbocycles. The molecule has 2 heterocycles. The topological polar surface area (TPSA) is 33.2 Å². The molecule has 0 aliphatic carbocycles. The molecule has 4 heteroatoms. The van der Waals surface area contributed by atoms with E-state index in [0.29, 0.717) is 24.1 Å². The lowest BCUT2D eigenvalue weighted by Gasteiger charge is -2.36. The molecule has 104 valence electrons. The Hall–Kier alpha value is -1.29. The fourth-order valence-electron chi connectivity index (χ4n) is 2.61. The third kappa shape index (κ3) is 3.83. The van der Waals surface area contributed by atoms with Gasteiger partial charge in [0.1, 0.15) is 11.5 Å². The summed E-state index contributed by atoms with van der Waals surface area (Å²) in [6, 6.07) is 3.29. The Morgan fingerprint density at radius 2 is 2.21 bits per heavy atom. The maximum atomic E-state index is 12.7. The van der Waals surface area contributed by atoms with Crippen LogP contribution in [0.25, 0.3) is 0 Å². The van der Waals surface area contributed by atoms with Crippen LogP contribution >= 0.6 is 0 Å². The average Bonchev–Trinajstić information content (AvgIpc) is 2.40. The molecule has 0 spiro atoms. The molecule has 1 aromatic heterocycles. The van der Waals surface area contributed by atoms with Crippen molar-refractivity contribution in [1.29, 1.82) is 0 Å². The van der Waals surface area contributed by atoms with Crippen LogP contribution in [0.1, 0.15) is 43.6 Å². The molecule has 0 bridgehead atoms. The summed E-state index contributed by atoms with van der Waals surface area (Å²) in [4.78, 5) is 18.2. The smallest absolute Gasteiger partial charge is 0.182 e. The molecule has 2 rings (SSSR count). The summed E-state index contributed by atoms with van der Waals surface area (Å²) in [6.45, 7) is 6.30. The molecule has 2 unspecified atom stereocenters. The summed E-state index contributed by atoms with van der Waals surface area (Å²) in [5, 5.41) is 0. The zero-order valence-electron chi connectivity index (χ0n) is 11.6. The highest BCUT2D eigenvalue weighted by molar-refractivity contribution is 5.94. The Kier molecular flexibility index (Phi) is 4.64. The highest BCUT2D eigenvalue weighted by Gasteiger charge is 2.23. The second-order valence-corrected chi connectivity index (χ2v) is 5.56. The van der Waals surface area contributed by atoms with Crippen LogP contribution in [-0.2, 0) is 0 Å². The van der Waals surface area contributed by atoms with Crippen molar-refractivity contribution in [1.82, 2.24) is 9.88 Å². The average molecular weight is 264 g/mol. The third-order valence-electron chi connectivity index (χ3n) is 3.89. The number of carbonyl (C=O) groups is 1. The first-order valence-electron chi connectivity index (χ1n) is 6.95. The van der Waals surface area contributed by atoms with E-state index < -0.39 is 5.82 Å². The first-order chi connectivity index (χ1) is 9.06. The second-order valence-electron chi connectivity index (χ2n) is 5.56. The molecule has 1 fully saturated rings. The van der Waals surface area contributed by atoms with Gasteiger partial charge in [-0.2, -0.15) is 0 Å². The van der Waals surface area contributed by atoms with E-state index in [4.69, 9.17) is 0 Å². The molecule has 0 radical (unpaired) electrons. The Labute approximate surface area is 113 Å². The highest BCUT2D eigenvalue weighted by atomic mass is 19.1. The van der Waals surface area contributed by atoms with Crippen molar-refractivity contribution in [3.05, 3.63) is 29.8 Å². The molecular weight excluding hydrogens is 243 g/mol. The number of ketones is 1. The normalized spacial score (nSPS) is 24.4. The molecule has 19 heavy (non-hydrogen) atoms. The lowest BCUT2D eigenvalue weighted by Crippen LogP contribution is -2.42. The summed E-state index contributed by atoms with van der Waals surface area (Å²) in [6.07, 6.45) is 4.02. The van der Waals surface area contributed by atoms with Gasteiger partial charge in [-0.15, -0.1) is 0 Å². The fourth-order valence-corrected chi connectivity index (χ4v) is 2.61. The van der Waals surface area contributed by atoms with Crippen LogP contribution < -0.4 is 0 Å². The Bertz CT molecular complexity index is 432. The van der Waals surface area contributed by atoms with Gasteiger partial charge in [-0.25, -0.2) is 4.39 Å². The van der Waals surface area contributed by atoms with Gasteiger partial charge < -0.3 is 0 Å². The number of rotatable bonds is 4. The van der Waals surface area contributed by atoms with E-state index in [0.717, 1.165) is 19.3 Å². The maximum absolute atomic E-state index is 12.7. The molecule has 1 saturated heterocycles. The number of carbonyl (C=O) groups excluding carboxylic acids is 1. The van der Waals surface area contributed by atoms with Gasteiger partial charge in [0.15, 0.2) is 5.78 Å². The fraction of sp³-hybridized carbons (Fsp3) is 0.600. The summed E-state index contributed by atoms with van der Waals surface area (Å²) >= 11 is 0. The van der Waals surface area contributed by atoms with Gasteiger partial charge in [-0.05, 0) is 37.8 Å². The van der Waals surface area contributed by atoms with E-state index in [1.54, 1.807) is 0 Å². The lowest BCUT2D eigenvalue weighted by molar-refractivity contribution is 0.0895. The van der Waals surface area contributed by atoms with Crippen molar-refractivity contribution in [2.45, 2.75) is 39.2 Å². The Morgan fingerprint density at radius 1 is 1.42 bits per heavy atom. The minimum atomic E-state index is -0.407. The van der Waals surface area contributed by atoms with Gasteiger partial charge in [0.05, 0.1) is 6.20 Å². The molecule has 3 nitrogen and oxygen atoms in total. The van der Waals surface area contributed by atoms with Gasteiger partial charge in [0, 0.05) is 25.6 Å². The number of hydrogen-bond acceptors (Lipinski definition) is 3. The van der Waals surface area contributed by atoms with Crippen molar-refractivity contribution in [3.63, 3.8) is 0 Å². The van der Waals surface area contributed by atoms with Crippen LogP contribution in [-0.4, -0.2) is 34.8 Å². The molecule has 1 aliphatic rings. The summed E-state index contributed by atoms with van der Waals surface area (Å²) < 4.78 is 12.7. The Morgan fingerprint density at radius 3 is 2.89 bits per heavy atom. The number of likely N-dealkylation sites (tertiary alicyclic amines) is 1. The number of pyridine rings is 1. The van der Waals surface area contributed by atoms with Crippen LogP contribution in [0.4, 0.5) is 4.39 Å². The van der Waals surface area contributed by atoms with E-state index in [9.17, 15) is 9.18 Å². The first-order valence-corrected chi connectivity index (χ1v) is 6.95. The highest BCUT2D eigenvalue weighted by Crippen LogP contribution is 2.21. The predicted octanol–water partition coefficient (Wildman–Crippen LogP) is 2.91. The van der Waals surface area contributed by atoms with Crippen molar-refractivity contribution in [2.24, 2.45) is 5.92 Å². The van der Waals surface area contributed by atoms with Crippen LogP contribution in [0, 0.1) is 11.7 Å². The quantitative estimate of drug-likeness (QED) is 0.784. The predicted molar refractivity (Wildman–Crippen MR) is 72.6 cm³/mol. The maximum Gasteiger partial charge on any atom is 0.182 e. The van der Waals surface area contributed by atoms with E-state index in [1.165, 1.54) is 25.0 Å². The zero-order chi connectivity index (χ0) is 13.8. The van der Waals surface area contributed by atoms with E-state index >= 15 is 0 Å². The van der Waals surface area contributed by atoms with Crippen LogP contribution in [0.15, 0.2) is 18.3 Å². The van der Waals surface area contributed by atoms with E-state index in [1.807, 2.05) is 0 Å².